The number of thiophene rings is 1. The summed E-state index contributed by atoms with van der Waals surface area (Å²) in [5, 5.41) is 10.6. The molecule has 0 aliphatic carbocycles. The lowest BCUT2D eigenvalue weighted by molar-refractivity contribution is 0.282. The highest BCUT2D eigenvalue weighted by Gasteiger charge is 2.17. The Labute approximate surface area is 123 Å². The molecule has 2 aromatic heterocycles. The van der Waals surface area contributed by atoms with Gasteiger partial charge in [-0.2, -0.15) is 0 Å². The number of anilines is 1. The number of rotatable bonds is 4. The standard InChI is InChI=1S/C11H11BrN2O3S2/c1-7-9(12)2-3-10(13-7)14-19(16,17)11-4-8(5-15)6-18-11/h2-4,6,15H,5H2,1H3,(H,13,14). The summed E-state index contributed by atoms with van der Waals surface area (Å²) >= 11 is 4.36. The van der Waals surface area contributed by atoms with Gasteiger partial charge in [-0.05, 0) is 52.0 Å². The average molecular weight is 363 g/mol. The van der Waals surface area contributed by atoms with Crippen molar-refractivity contribution in [2.75, 3.05) is 4.72 Å². The normalized spacial score (nSPS) is 11.5. The lowest BCUT2D eigenvalue weighted by Gasteiger charge is -2.06. The number of aliphatic hydroxyl groups is 1. The fraction of sp³-hybridized carbons (Fsp3) is 0.182. The van der Waals surface area contributed by atoms with Crippen LogP contribution in [0.4, 0.5) is 5.82 Å². The third-order valence-corrected chi connectivity index (χ3v) is 6.02. The second-order valence-electron chi connectivity index (χ2n) is 3.80. The molecule has 0 amide bonds. The molecular weight excluding hydrogens is 352 g/mol. The van der Waals surface area contributed by atoms with Crippen molar-refractivity contribution >= 4 is 43.1 Å². The molecule has 8 heteroatoms. The van der Waals surface area contributed by atoms with Crippen LogP contribution in [0.25, 0.3) is 0 Å². The molecule has 19 heavy (non-hydrogen) atoms. The van der Waals surface area contributed by atoms with E-state index in [1.807, 2.05) is 0 Å². The van der Waals surface area contributed by atoms with E-state index in [0.29, 0.717) is 11.3 Å². The van der Waals surface area contributed by atoms with Gasteiger partial charge in [0.15, 0.2) is 0 Å². The second-order valence-corrected chi connectivity index (χ2v) is 7.48. The first-order valence-corrected chi connectivity index (χ1v) is 8.42. The molecule has 2 aromatic rings. The molecular formula is C11H11BrN2O3S2. The van der Waals surface area contributed by atoms with Gasteiger partial charge in [0, 0.05) is 4.47 Å². The van der Waals surface area contributed by atoms with E-state index in [-0.39, 0.29) is 16.6 Å². The lowest BCUT2D eigenvalue weighted by Crippen LogP contribution is -2.12. The summed E-state index contributed by atoms with van der Waals surface area (Å²) in [5.41, 5.74) is 1.27. The number of sulfonamides is 1. The number of nitrogens with zero attached hydrogens (tertiary/aromatic N) is 1. The molecule has 0 aliphatic heterocycles. The smallest absolute Gasteiger partial charge is 0.272 e. The van der Waals surface area contributed by atoms with Crippen molar-refractivity contribution in [3.8, 4) is 0 Å². The van der Waals surface area contributed by atoms with Crippen LogP contribution >= 0.6 is 27.3 Å². The van der Waals surface area contributed by atoms with Gasteiger partial charge in [-0.15, -0.1) is 11.3 Å². The third kappa shape index (κ3) is 3.33. The van der Waals surface area contributed by atoms with E-state index in [9.17, 15) is 8.42 Å². The molecule has 0 radical (unpaired) electrons. The van der Waals surface area contributed by atoms with Gasteiger partial charge in [0.2, 0.25) is 0 Å². The Hall–Kier alpha value is -0.960. The van der Waals surface area contributed by atoms with Crippen molar-refractivity contribution < 1.29 is 13.5 Å². The summed E-state index contributed by atoms with van der Waals surface area (Å²) in [6.45, 7) is 1.60. The van der Waals surface area contributed by atoms with Crippen molar-refractivity contribution in [1.82, 2.24) is 4.98 Å². The Balaban J connectivity index is 2.28. The predicted molar refractivity (Wildman–Crippen MR) is 77.7 cm³/mol. The van der Waals surface area contributed by atoms with Crippen molar-refractivity contribution in [3.05, 3.63) is 39.3 Å². The number of pyridine rings is 1. The summed E-state index contributed by atoms with van der Waals surface area (Å²) in [7, 11) is -3.65. The Morgan fingerprint density at radius 1 is 1.47 bits per heavy atom. The van der Waals surface area contributed by atoms with Crippen LogP contribution in [-0.4, -0.2) is 18.5 Å². The van der Waals surface area contributed by atoms with E-state index in [4.69, 9.17) is 5.11 Å². The summed E-state index contributed by atoms with van der Waals surface area (Å²) < 4.78 is 27.6. The molecule has 5 nitrogen and oxygen atoms in total. The van der Waals surface area contributed by atoms with E-state index in [1.165, 1.54) is 6.07 Å². The minimum Gasteiger partial charge on any atom is -0.392 e. The minimum atomic E-state index is -3.65. The van der Waals surface area contributed by atoms with E-state index in [1.54, 1.807) is 24.4 Å². The van der Waals surface area contributed by atoms with Crippen molar-refractivity contribution in [3.63, 3.8) is 0 Å². The molecule has 0 spiro atoms. The maximum atomic E-state index is 12.1. The van der Waals surface area contributed by atoms with Crippen LogP contribution in [0.1, 0.15) is 11.3 Å². The first-order chi connectivity index (χ1) is 8.92. The van der Waals surface area contributed by atoms with Gasteiger partial charge in [-0.3, -0.25) is 4.72 Å². The zero-order chi connectivity index (χ0) is 14.0. The van der Waals surface area contributed by atoms with Gasteiger partial charge in [-0.1, -0.05) is 0 Å². The maximum absolute atomic E-state index is 12.1. The van der Waals surface area contributed by atoms with Gasteiger partial charge < -0.3 is 5.11 Å². The number of aryl methyl sites for hydroxylation is 1. The average Bonchev–Trinajstić information content (AvgIpc) is 2.83. The molecule has 0 saturated carbocycles. The molecule has 0 aliphatic rings. The van der Waals surface area contributed by atoms with Crippen LogP contribution in [0.3, 0.4) is 0 Å². The van der Waals surface area contributed by atoms with Gasteiger partial charge in [0.25, 0.3) is 10.0 Å². The molecule has 0 fully saturated rings. The highest BCUT2D eigenvalue weighted by molar-refractivity contribution is 9.10. The first-order valence-electron chi connectivity index (χ1n) is 5.26. The van der Waals surface area contributed by atoms with Crippen LogP contribution in [0.5, 0.6) is 0 Å². The molecule has 0 unspecified atom stereocenters. The molecule has 2 N–H and O–H groups in total. The van der Waals surface area contributed by atoms with Crippen LogP contribution < -0.4 is 4.72 Å². The Morgan fingerprint density at radius 2 is 2.21 bits per heavy atom. The minimum absolute atomic E-state index is 0.152. The number of aromatic nitrogens is 1. The lowest BCUT2D eigenvalue weighted by atomic mass is 10.4. The fourth-order valence-corrected chi connectivity index (χ4v) is 3.79. The van der Waals surface area contributed by atoms with E-state index >= 15 is 0 Å². The second kappa shape index (κ2) is 5.58. The summed E-state index contributed by atoms with van der Waals surface area (Å²) in [5.74, 6) is 0.264. The number of aliphatic hydroxyl groups excluding tert-OH is 1. The van der Waals surface area contributed by atoms with Crippen molar-refractivity contribution in [2.45, 2.75) is 17.7 Å². The zero-order valence-corrected chi connectivity index (χ0v) is 13.1. The molecule has 0 bridgehead atoms. The number of hydrogen-bond donors (Lipinski definition) is 2. The zero-order valence-electron chi connectivity index (χ0n) is 9.92. The summed E-state index contributed by atoms with van der Waals surface area (Å²) in [6, 6.07) is 4.75. The largest absolute Gasteiger partial charge is 0.392 e. The maximum Gasteiger partial charge on any atom is 0.272 e. The monoisotopic (exact) mass is 362 g/mol. The first kappa shape index (κ1) is 14.4. The van der Waals surface area contributed by atoms with Crippen LogP contribution in [0, 0.1) is 6.92 Å². The van der Waals surface area contributed by atoms with Crippen molar-refractivity contribution in [2.24, 2.45) is 0 Å². The van der Waals surface area contributed by atoms with Gasteiger partial charge in [0.1, 0.15) is 10.0 Å². The SMILES string of the molecule is Cc1nc(NS(=O)(=O)c2cc(CO)cs2)ccc1Br. The van der Waals surface area contributed by atoms with Gasteiger partial charge >= 0.3 is 0 Å². The van der Waals surface area contributed by atoms with Crippen molar-refractivity contribution in [1.29, 1.82) is 0 Å². The predicted octanol–water partition coefficient (Wildman–Crippen LogP) is 2.51. The Morgan fingerprint density at radius 3 is 2.79 bits per heavy atom. The number of halogens is 1. The quantitative estimate of drug-likeness (QED) is 0.875. The van der Waals surface area contributed by atoms with E-state index in [0.717, 1.165) is 15.8 Å². The van der Waals surface area contributed by atoms with Crippen LogP contribution in [0.2, 0.25) is 0 Å². The summed E-state index contributed by atoms with van der Waals surface area (Å²) in [6.07, 6.45) is 0. The number of hydrogen-bond acceptors (Lipinski definition) is 5. The molecule has 0 atom stereocenters. The highest BCUT2D eigenvalue weighted by Crippen LogP contribution is 2.23. The van der Waals surface area contributed by atoms with Crippen LogP contribution in [0.15, 0.2) is 32.3 Å². The molecule has 0 aromatic carbocycles. The number of nitrogens with one attached hydrogen (secondary N) is 1. The molecule has 2 heterocycles. The molecule has 102 valence electrons. The third-order valence-electron chi connectivity index (χ3n) is 2.34. The Bertz CT molecular complexity index is 698. The highest BCUT2D eigenvalue weighted by atomic mass is 79.9. The fourth-order valence-electron chi connectivity index (χ4n) is 1.37. The molecule has 0 saturated heterocycles. The van der Waals surface area contributed by atoms with Crippen LogP contribution in [-0.2, 0) is 16.6 Å². The Kier molecular flexibility index (Phi) is 4.24. The van der Waals surface area contributed by atoms with Gasteiger partial charge in [0.05, 0.1) is 12.3 Å². The van der Waals surface area contributed by atoms with E-state index < -0.39 is 10.0 Å². The van der Waals surface area contributed by atoms with Gasteiger partial charge in [-0.25, -0.2) is 13.4 Å². The molecule has 2 rings (SSSR count). The van der Waals surface area contributed by atoms with E-state index in [2.05, 4.69) is 25.6 Å². The summed E-state index contributed by atoms with van der Waals surface area (Å²) in [4.78, 5) is 4.13. The topological polar surface area (TPSA) is 79.3 Å².